The summed E-state index contributed by atoms with van der Waals surface area (Å²) in [5, 5.41) is 11.1. The van der Waals surface area contributed by atoms with Crippen molar-refractivity contribution in [1.29, 1.82) is 0 Å². The lowest BCUT2D eigenvalue weighted by Gasteiger charge is -2.27. The SMILES string of the molecule is Cc1c([N+](=O)[O-])cccc1S(=O)(=O)N(C1CC1)C1CCS(=O)(=O)C1. The fraction of sp³-hybridized carbons (Fsp3) is 0.571. The summed E-state index contributed by atoms with van der Waals surface area (Å²) in [5.74, 6) is -0.207. The Kier molecular flexibility index (Phi) is 4.17. The zero-order valence-corrected chi connectivity index (χ0v) is 14.7. The van der Waals surface area contributed by atoms with Gasteiger partial charge in [-0.25, -0.2) is 16.8 Å². The summed E-state index contributed by atoms with van der Waals surface area (Å²) in [6.45, 7) is 1.40. The molecule has 1 aliphatic heterocycles. The van der Waals surface area contributed by atoms with Gasteiger partial charge in [-0.05, 0) is 32.3 Å². The van der Waals surface area contributed by atoms with Crippen LogP contribution in [0.5, 0.6) is 0 Å². The number of sulfonamides is 1. The maximum atomic E-state index is 13.1. The van der Waals surface area contributed by atoms with E-state index in [1.807, 2.05) is 0 Å². The summed E-state index contributed by atoms with van der Waals surface area (Å²) in [6.07, 6.45) is 1.64. The van der Waals surface area contributed by atoms with Crippen LogP contribution in [0.1, 0.15) is 24.8 Å². The molecule has 0 amide bonds. The Labute approximate surface area is 140 Å². The predicted molar refractivity (Wildman–Crippen MR) is 86.9 cm³/mol. The standard InChI is InChI=1S/C14H18N2O6S2/c1-10-13(16(17)18)3-2-4-14(10)24(21,22)15(11-5-6-11)12-7-8-23(19,20)9-12/h2-4,11-12H,5-9H2,1H3. The first kappa shape index (κ1) is 17.3. The number of hydrogen-bond donors (Lipinski definition) is 0. The summed E-state index contributed by atoms with van der Waals surface area (Å²) in [5.41, 5.74) is -0.181. The molecular formula is C14H18N2O6S2. The van der Waals surface area contributed by atoms with Gasteiger partial charge >= 0.3 is 0 Å². The van der Waals surface area contributed by atoms with Crippen molar-refractivity contribution in [2.24, 2.45) is 0 Å². The molecule has 0 bridgehead atoms. The molecule has 0 radical (unpaired) electrons. The van der Waals surface area contributed by atoms with Crippen LogP contribution in [-0.2, 0) is 19.9 Å². The molecule has 1 unspecified atom stereocenters. The van der Waals surface area contributed by atoms with Gasteiger partial charge in [-0.15, -0.1) is 0 Å². The van der Waals surface area contributed by atoms with Crippen LogP contribution >= 0.6 is 0 Å². The monoisotopic (exact) mass is 374 g/mol. The highest BCUT2D eigenvalue weighted by atomic mass is 32.2. The van der Waals surface area contributed by atoms with Crippen molar-refractivity contribution in [3.05, 3.63) is 33.9 Å². The van der Waals surface area contributed by atoms with Crippen LogP contribution in [0, 0.1) is 17.0 Å². The first-order valence-corrected chi connectivity index (χ1v) is 10.9. The van der Waals surface area contributed by atoms with Crippen molar-refractivity contribution in [1.82, 2.24) is 4.31 Å². The van der Waals surface area contributed by atoms with Crippen molar-refractivity contribution < 1.29 is 21.8 Å². The summed E-state index contributed by atoms with van der Waals surface area (Å²) >= 11 is 0. The van der Waals surface area contributed by atoms with E-state index in [1.165, 1.54) is 29.4 Å². The van der Waals surface area contributed by atoms with Crippen molar-refractivity contribution in [2.75, 3.05) is 11.5 Å². The Morgan fingerprint density at radius 2 is 1.88 bits per heavy atom. The van der Waals surface area contributed by atoms with Gasteiger partial charge in [0, 0.05) is 23.7 Å². The van der Waals surface area contributed by atoms with Crippen LogP contribution in [0.25, 0.3) is 0 Å². The van der Waals surface area contributed by atoms with Gasteiger partial charge in [-0.3, -0.25) is 10.1 Å². The van der Waals surface area contributed by atoms with Crippen LogP contribution in [0.3, 0.4) is 0 Å². The quantitative estimate of drug-likeness (QED) is 0.566. The Hall–Kier alpha value is -1.52. The zero-order valence-electron chi connectivity index (χ0n) is 13.1. The minimum Gasteiger partial charge on any atom is -0.258 e. The van der Waals surface area contributed by atoms with E-state index in [4.69, 9.17) is 0 Å². The van der Waals surface area contributed by atoms with Gasteiger partial charge in [0.2, 0.25) is 10.0 Å². The molecule has 1 heterocycles. The molecule has 1 aliphatic carbocycles. The van der Waals surface area contributed by atoms with Crippen LogP contribution in [0.4, 0.5) is 5.69 Å². The van der Waals surface area contributed by atoms with E-state index < -0.39 is 30.8 Å². The van der Waals surface area contributed by atoms with Gasteiger partial charge in [0.1, 0.15) is 0 Å². The van der Waals surface area contributed by atoms with E-state index in [0.717, 1.165) is 0 Å². The van der Waals surface area contributed by atoms with Crippen molar-refractivity contribution in [3.8, 4) is 0 Å². The molecule has 10 heteroatoms. The summed E-state index contributed by atoms with van der Waals surface area (Å²) < 4.78 is 51.0. The number of hydrogen-bond acceptors (Lipinski definition) is 6. The molecule has 1 saturated carbocycles. The number of nitro groups is 1. The molecule has 1 aromatic carbocycles. The molecule has 1 aromatic rings. The van der Waals surface area contributed by atoms with Crippen LogP contribution in [0.15, 0.2) is 23.1 Å². The average Bonchev–Trinajstić information content (AvgIpc) is 3.22. The van der Waals surface area contributed by atoms with Gasteiger partial charge < -0.3 is 0 Å². The summed E-state index contributed by atoms with van der Waals surface area (Å²) in [6, 6.07) is 3.14. The predicted octanol–water partition coefficient (Wildman–Crippen LogP) is 1.24. The first-order chi connectivity index (χ1) is 11.1. The van der Waals surface area contributed by atoms with Gasteiger partial charge in [0.15, 0.2) is 9.84 Å². The molecule has 0 N–H and O–H groups in total. The smallest absolute Gasteiger partial charge is 0.258 e. The lowest BCUT2D eigenvalue weighted by molar-refractivity contribution is -0.385. The molecule has 1 atom stereocenters. The summed E-state index contributed by atoms with van der Waals surface area (Å²) in [7, 11) is -7.23. The van der Waals surface area contributed by atoms with Gasteiger partial charge in [-0.1, -0.05) is 6.07 Å². The van der Waals surface area contributed by atoms with E-state index >= 15 is 0 Å². The third kappa shape index (κ3) is 3.05. The second-order valence-electron chi connectivity index (χ2n) is 6.28. The fourth-order valence-corrected chi connectivity index (χ4v) is 7.14. The minimum atomic E-state index is -3.99. The number of sulfone groups is 1. The Morgan fingerprint density at radius 3 is 2.38 bits per heavy atom. The van der Waals surface area contributed by atoms with Crippen LogP contribution < -0.4 is 0 Å². The maximum Gasteiger partial charge on any atom is 0.273 e. The third-order valence-electron chi connectivity index (χ3n) is 4.48. The molecular weight excluding hydrogens is 356 g/mol. The number of benzene rings is 1. The number of nitro benzene ring substituents is 1. The highest BCUT2D eigenvalue weighted by Crippen LogP contribution is 2.38. The van der Waals surface area contributed by atoms with E-state index in [1.54, 1.807) is 0 Å². The maximum absolute atomic E-state index is 13.1. The Bertz CT molecular complexity index is 890. The van der Waals surface area contributed by atoms with Crippen molar-refractivity contribution in [3.63, 3.8) is 0 Å². The minimum absolute atomic E-state index is 0.0235. The summed E-state index contributed by atoms with van der Waals surface area (Å²) in [4.78, 5) is 10.3. The fourth-order valence-electron chi connectivity index (χ4n) is 3.19. The Balaban J connectivity index is 2.05. The number of rotatable bonds is 5. The van der Waals surface area contributed by atoms with Gasteiger partial charge in [0.05, 0.1) is 21.3 Å². The van der Waals surface area contributed by atoms with E-state index in [9.17, 15) is 26.9 Å². The van der Waals surface area contributed by atoms with E-state index in [2.05, 4.69) is 0 Å². The highest BCUT2D eigenvalue weighted by molar-refractivity contribution is 7.92. The molecule has 24 heavy (non-hydrogen) atoms. The Morgan fingerprint density at radius 1 is 1.21 bits per heavy atom. The molecule has 8 nitrogen and oxygen atoms in total. The molecule has 1 saturated heterocycles. The molecule has 2 aliphatic rings. The first-order valence-electron chi connectivity index (χ1n) is 7.61. The third-order valence-corrected chi connectivity index (χ3v) is 8.38. The van der Waals surface area contributed by atoms with Crippen molar-refractivity contribution >= 4 is 25.5 Å². The zero-order chi connectivity index (χ0) is 17.7. The topological polar surface area (TPSA) is 115 Å². The molecule has 132 valence electrons. The molecule has 0 spiro atoms. The lowest BCUT2D eigenvalue weighted by Crippen LogP contribution is -2.42. The lowest BCUT2D eigenvalue weighted by atomic mass is 10.2. The highest BCUT2D eigenvalue weighted by Gasteiger charge is 2.46. The van der Waals surface area contributed by atoms with E-state index in [-0.39, 0.29) is 40.1 Å². The van der Waals surface area contributed by atoms with Gasteiger partial charge in [-0.2, -0.15) is 4.31 Å². The molecule has 0 aromatic heterocycles. The van der Waals surface area contributed by atoms with Gasteiger partial charge in [0.25, 0.3) is 5.69 Å². The number of nitrogens with zero attached hydrogens (tertiary/aromatic N) is 2. The normalized spacial score (nSPS) is 23.5. The average molecular weight is 374 g/mol. The van der Waals surface area contributed by atoms with Crippen molar-refractivity contribution in [2.45, 2.75) is 43.2 Å². The second-order valence-corrected chi connectivity index (χ2v) is 10.3. The van der Waals surface area contributed by atoms with E-state index in [0.29, 0.717) is 12.8 Å². The molecule has 3 rings (SSSR count). The largest absolute Gasteiger partial charge is 0.273 e. The molecule has 2 fully saturated rings. The van der Waals surface area contributed by atoms with Crippen LogP contribution in [-0.4, -0.2) is 49.7 Å². The van der Waals surface area contributed by atoms with Crippen LogP contribution in [0.2, 0.25) is 0 Å². The second kappa shape index (κ2) is 5.78.